The van der Waals surface area contributed by atoms with Crippen LogP contribution in [-0.2, 0) is 38.1 Å². The van der Waals surface area contributed by atoms with Crippen LogP contribution in [-0.4, -0.2) is 61.3 Å². The Bertz CT molecular complexity index is 1660. The van der Waals surface area contributed by atoms with Crippen molar-refractivity contribution in [2.75, 3.05) is 26.4 Å². The Balaban J connectivity index is 1.47. The summed E-state index contributed by atoms with van der Waals surface area (Å²) >= 11 is 12.3. The first-order valence-electron chi connectivity index (χ1n) is 13.3. The Hall–Kier alpha value is -2.35. The van der Waals surface area contributed by atoms with Crippen molar-refractivity contribution in [2.45, 2.75) is 47.7 Å². The zero-order valence-corrected chi connectivity index (χ0v) is 25.5. The molecular formula is C29H28Cl2O9S2. The van der Waals surface area contributed by atoms with E-state index in [4.69, 9.17) is 41.0 Å². The molecule has 224 valence electrons. The van der Waals surface area contributed by atoms with Crippen molar-refractivity contribution in [3.63, 3.8) is 0 Å². The second-order valence-electron chi connectivity index (χ2n) is 9.94. The number of ether oxygens (including phenoxy) is 2. The van der Waals surface area contributed by atoms with E-state index in [1.54, 1.807) is 0 Å². The predicted molar refractivity (Wildman–Crippen MR) is 156 cm³/mol. The topological polar surface area (TPSA) is 122 Å². The molecule has 2 heterocycles. The Labute approximate surface area is 254 Å². The van der Waals surface area contributed by atoms with Crippen LogP contribution in [0.25, 0.3) is 11.1 Å². The summed E-state index contributed by atoms with van der Waals surface area (Å²) in [6.07, 6.45) is 2.40. The average molecular weight is 656 g/mol. The lowest BCUT2D eigenvalue weighted by Gasteiger charge is -2.15. The minimum absolute atomic E-state index is 0.0453. The van der Waals surface area contributed by atoms with Crippen LogP contribution in [0.4, 0.5) is 0 Å². The normalized spacial score (nSPS) is 19.3. The van der Waals surface area contributed by atoms with Crippen molar-refractivity contribution in [1.29, 1.82) is 0 Å². The molecule has 0 saturated carbocycles. The molecule has 2 atom stereocenters. The van der Waals surface area contributed by atoms with Gasteiger partial charge in [0.25, 0.3) is 20.2 Å². The quantitative estimate of drug-likeness (QED) is 0.190. The summed E-state index contributed by atoms with van der Waals surface area (Å²) in [4.78, 5) is 13.0. The summed E-state index contributed by atoms with van der Waals surface area (Å²) in [6, 6.07) is 14.2. The highest BCUT2D eigenvalue weighted by molar-refractivity contribution is 7.87. The molecule has 3 aromatic carbocycles. The molecule has 2 saturated heterocycles. The summed E-state index contributed by atoms with van der Waals surface area (Å²) in [5, 5.41) is 0.452. The number of halogens is 2. The Morgan fingerprint density at radius 2 is 1.40 bits per heavy atom. The van der Waals surface area contributed by atoms with Gasteiger partial charge in [-0.05, 0) is 67.6 Å². The van der Waals surface area contributed by atoms with E-state index in [-0.39, 0.29) is 56.9 Å². The van der Waals surface area contributed by atoms with Gasteiger partial charge in [-0.1, -0.05) is 47.5 Å². The van der Waals surface area contributed by atoms with Gasteiger partial charge < -0.3 is 9.47 Å². The zero-order valence-electron chi connectivity index (χ0n) is 22.3. The van der Waals surface area contributed by atoms with Gasteiger partial charge in [-0.15, -0.1) is 0 Å². The van der Waals surface area contributed by atoms with Gasteiger partial charge in [-0.3, -0.25) is 13.2 Å². The SMILES string of the molecule is O=C(c1ccc(-c2ccc(S(=O)(=O)OCC3CCCO3)cc2)c(S(=O)(=O)OCC2CCCO2)c1)c1cc(Cl)ccc1Cl. The maximum absolute atomic E-state index is 13.5. The highest BCUT2D eigenvalue weighted by Crippen LogP contribution is 2.33. The van der Waals surface area contributed by atoms with Crippen molar-refractivity contribution in [3.8, 4) is 11.1 Å². The van der Waals surface area contributed by atoms with Crippen molar-refractivity contribution in [2.24, 2.45) is 0 Å². The van der Waals surface area contributed by atoms with E-state index in [0.717, 1.165) is 19.3 Å². The third kappa shape index (κ3) is 7.23. The van der Waals surface area contributed by atoms with Crippen LogP contribution in [0, 0.1) is 0 Å². The maximum Gasteiger partial charge on any atom is 0.297 e. The minimum atomic E-state index is -4.39. The molecule has 0 radical (unpaired) electrons. The smallest absolute Gasteiger partial charge is 0.297 e. The van der Waals surface area contributed by atoms with Gasteiger partial charge in [0.15, 0.2) is 5.78 Å². The Kier molecular flexibility index (Phi) is 9.70. The second kappa shape index (κ2) is 13.1. The lowest BCUT2D eigenvalue weighted by Crippen LogP contribution is -2.19. The van der Waals surface area contributed by atoms with Gasteiger partial charge in [0, 0.05) is 34.9 Å². The largest absolute Gasteiger partial charge is 0.376 e. The molecule has 0 spiro atoms. The van der Waals surface area contributed by atoms with E-state index in [1.165, 1.54) is 60.7 Å². The first-order valence-corrected chi connectivity index (χ1v) is 16.9. The van der Waals surface area contributed by atoms with Gasteiger partial charge in [-0.25, -0.2) is 0 Å². The number of hydrogen-bond acceptors (Lipinski definition) is 9. The van der Waals surface area contributed by atoms with Crippen molar-refractivity contribution >= 4 is 49.2 Å². The Morgan fingerprint density at radius 3 is 2.00 bits per heavy atom. The predicted octanol–water partition coefficient (Wildman–Crippen LogP) is 5.66. The molecule has 2 aliphatic heterocycles. The molecule has 42 heavy (non-hydrogen) atoms. The number of carbonyl (C=O) groups excluding carboxylic acids is 1. The van der Waals surface area contributed by atoms with E-state index in [9.17, 15) is 21.6 Å². The van der Waals surface area contributed by atoms with Crippen molar-refractivity contribution in [3.05, 3.63) is 81.8 Å². The summed E-state index contributed by atoms with van der Waals surface area (Å²) in [6.45, 7) is 0.832. The Morgan fingerprint density at radius 1 is 0.786 bits per heavy atom. The van der Waals surface area contributed by atoms with Crippen LogP contribution in [0.3, 0.4) is 0 Å². The standard InChI is InChI=1S/C29H28Cl2O9S2/c30-21-8-12-27(31)26(16-21)29(32)20-7-11-25(28(15-20)42(35,36)40-18-23-4-2-14-38-23)19-5-9-24(10-6-19)41(33,34)39-17-22-3-1-13-37-22/h5-12,15-16,22-23H,1-4,13-14,17-18H2. The van der Waals surface area contributed by atoms with Crippen LogP contribution >= 0.6 is 23.2 Å². The molecule has 0 aliphatic carbocycles. The van der Waals surface area contributed by atoms with Crippen LogP contribution in [0.2, 0.25) is 10.0 Å². The van der Waals surface area contributed by atoms with E-state index >= 15 is 0 Å². The van der Waals surface area contributed by atoms with Crippen LogP contribution in [0.5, 0.6) is 0 Å². The molecular weight excluding hydrogens is 627 g/mol. The van der Waals surface area contributed by atoms with Gasteiger partial charge in [-0.2, -0.15) is 16.8 Å². The number of ketones is 1. The lowest BCUT2D eigenvalue weighted by molar-refractivity contribution is 0.0701. The molecule has 5 rings (SSSR count). The molecule has 3 aromatic rings. The summed E-state index contributed by atoms with van der Waals surface area (Å²) in [7, 11) is -8.45. The summed E-state index contributed by atoms with van der Waals surface area (Å²) in [5.41, 5.74) is 0.745. The molecule has 0 bridgehead atoms. The minimum Gasteiger partial charge on any atom is -0.376 e. The van der Waals surface area contributed by atoms with Gasteiger partial charge in [0.1, 0.15) is 4.90 Å². The summed E-state index contributed by atoms with van der Waals surface area (Å²) < 4.78 is 73.9. The van der Waals surface area contributed by atoms with Crippen LogP contribution in [0.1, 0.15) is 41.6 Å². The fourth-order valence-corrected chi connectivity index (χ4v) is 7.25. The monoisotopic (exact) mass is 654 g/mol. The fraction of sp³-hybridized carbons (Fsp3) is 0.345. The average Bonchev–Trinajstić information content (AvgIpc) is 3.71. The zero-order chi connectivity index (χ0) is 29.9. The highest BCUT2D eigenvalue weighted by Gasteiger charge is 2.27. The number of benzene rings is 3. The van der Waals surface area contributed by atoms with E-state index in [1.807, 2.05) is 0 Å². The molecule has 2 fully saturated rings. The van der Waals surface area contributed by atoms with E-state index < -0.39 is 26.0 Å². The molecule has 2 unspecified atom stereocenters. The van der Waals surface area contributed by atoms with Gasteiger partial charge in [0.05, 0.1) is 35.3 Å². The first kappa shape index (κ1) is 31.1. The summed E-state index contributed by atoms with van der Waals surface area (Å²) in [5.74, 6) is -0.533. The van der Waals surface area contributed by atoms with Crippen LogP contribution < -0.4 is 0 Å². The third-order valence-corrected chi connectivity index (χ3v) is 10.2. The van der Waals surface area contributed by atoms with E-state index in [0.29, 0.717) is 30.2 Å². The highest BCUT2D eigenvalue weighted by atomic mass is 35.5. The molecule has 13 heteroatoms. The molecule has 9 nitrogen and oxygen atoms in total. The first-order chi connectivity index (χ1) is 20.0. The second-order valence-corrected chi connectivity index (χ2v) is 14.0. The number of rotatable bonds is 11. The van der Waals surface area contributed by atoms with E-state index in [2.05, 4.69) is 0 Å². The molecule has 0 aromatic heterocycles. The maximum atomic E-state index is 13.5. The third-order valence-electron chi connectivity index (χ3n) is 7.01. The number of hydrogen-bond donors (Lipinski definition) is 0. The van der Waals surface area contributed by atoms with Crippen LogP contribution in [0.15, 0.2) is 70.5 Å². The molecule has 2 aliphatic rings. The fourth-order valence-electron chi connectivity index (χ4n) is 4.75. The molecule has 0 amide bonds. The van der Waals surface area contributed by atoms with Gasteiger partial charge in [0.2, 0.25) is 0 Å². The lowest BCUT2D eigenvalue weighted by atomic mass is 9.99. The number of carbonyl (C=O) groups is 1. The molecule has 0 N–H and O–H groups in total. The van der Waals surface area contributed by atoms with Crippen molar-refractivity contribution < 1.29 is 39.5 Å². The van der Waals surface area contributed by atoms with Gasteiger partial charge >= 0.3 is 0 Å². The van der Waals surface area contributed by atoms with Crippen molar-refractivity contribution in [1.82, 2.24) is 0 Å².